The molecule has 0 unspecified atom stereocenters. The lowest BCUT2D eigenvalue weighted by Gasteiger charge is -2.19. The number of nitrogens with zero attached hydrogens (tertiary/aromatic N) is 1. The number of aryl methyl sites for hydroxylation is 1. The third kappa shape index (κ3) is 2.55. The molecule has 0 saturated heterocycles. The van der Waals surface area contributed by atoms with E-state index in [9.17, 15) is 4.79 Å². The molecule has 1 aromatic carbocycles. The van der Waals surface area contributed by atoms with Crippen molar-refractivity contribution in [1.29, 1.82) is 5.26 Å². The Hall–Kier alpha value is -2.02. The van der Waals surface area contributed by atoms with Crippen LogP contribution in [-0.2, 0) is 11.2 Å². The molecule has 1 fully saturated rings. The number of carbonyl (C=O) groups excluding carboxylic acids is 1. The van der Waals surface area contributed by atoms with Crippen LogP contribution >= 0.6 is 0 Å². The van der Waals surface area contributed by atoms with E-state index < -0.39 is 0 Å². The van der Waals surface area contributed by atoms with E-state index in [0.29, 0.717) is 19.4 Å². The van der Waals surface area contributed by atoms with Crippen LogP contribution in [0.4, 0.5) is 5.69 Å². The summed E-state index contributed by atoms with van der Waals surface area (Å²) in [5, 5.41) is 11.6. The van der Waals surface area contributed by atoms with Crippen LogP contribution < -0.4 is 10.1 Å². The lowest BCUT2D eigenvalue weighted by molar-refractivity contribution is -0.116. The molecule has 4 heteroatoms. The molecule has 4 nitrogen and oxygen atoms in total. The van der Waals surface area contributed by atoms with E-state index in [4.69, 9.17) is 10.00 Å². The van der Waals surface area contributed by atoms with Crippen molar-refractivity contribution in [2.24, 2.45) is 5.41 Å². The first-order chi connectivity index (χ1) is 9.21. The normalized spacial score (nSPS) is 19.0. The van der Waals surface area contributed by atoms with Gasteiger partial charge in [0.25, 0.3) is 0 Å². The zero-order valence-corrected chi connectivity index (χ0v) is 10.7. The monoisotopic (exact) mass is 256 g/mol. The van der Waals surface area contributed by atoms with Gasteiger partial charge in [-0.3, -0.25) is 4.79 Å². The highest BCUT2D eigenvalue weighted by atomic mass is 16.5. The number of ether oxygens (including phenoxy) is 1. The van der Waals surface area contributed by atoms with E-state index in [0.717, 1.165) is 36.3 Å². The van der Waals surface area contributed by atoms with E-state index in [1.807, 2.05) is 18.2 Å². The van der Waals surface area contributed by atoms with Crippen LogP contribution in [0.1, 0.15) is 31.2 Å². The predicted octanol–water partition coefficient (Wildman–Crippen LogP) is 2.64. The smallest absolute Gasteiger partial charge is 0.224 e. The fraction of sp³-hybridized carbons (Fsp3) is 0.467. The van der Waals surface area contributed by atoms with Gasteiger partial charge in [-0.15, -0.1) is 0 Å². The minimum Gasteiger partial charge on any atom is -0.493 e. The number of fused-ring (bicyclic) bond motifs is 1. The highest BCUT2D eigenvalue weighted by Crippen LogP contribution is 2.48. The van der Waals surface area contributed by atoms with Gasteiger partial charge in [0.05, 0.1) is 12.7 Å². The largest absolute Gasteiger partial charge is 0.493 e. The zero-order valence-electron chi connectivity index (χ0n) is 10.7. The lowest BCUT2D eigenvalue weighted by Crippen LogP contribution is -2.19. The van der Waals surface area contributed by atoms with Gasteiger partial charge in [-0.2, -0.15) is 5.26 Å². The Kier molecular flexibility index (Phi) is 2.90. The quantitative estimate of drug-likeness (QED) is 0.900. The standard InChI is InChI=1S/C15H16N2O2/c16-8-7-15(5-6-15)10-19-12-3-1-11-2-4-14(18)17-13(11)9-12/h1,3,9H,2,4-7,10H2,(H,17,18). The Balaban J connectivity index is 1.68. The molecule has 3 rings (SSSR count). The molecule has 0 bridgehead atoms. The molecule has 1 aromatic rings. The van der Waals surface area contributed by atoms with Crippen molar-refractivity contribution in [3.8, 4) is 11.8 Å². The molecule has 1 aliphatic carbocycles. The molecule has 0 atom stereocenters. The van der Waals surface area contributed by atoms with E-state index in [-0.39, 0.29) is 11.3 Å². The third-order valence-electron chi connectivity index (χ3n) is 3.93. The van der Waals surface area contributed by atoms with Crippen molar-refractivity contribution in [3.63, 3.8) is 0 Å². The highest BCUT2D eigenvalue weighted by molar-refractivity contribution is 5.94. The molecule has 98 valence electrons. The van der Waals surface area contributed by atoms with Crippen LogP contribution in [0, 0.1) is 16.7 Å². The van der Waals surface area contributed by atoms with Crippen LogP contribution in [0.2, 0.25) is 0 Å². The highest BCUT2D eigenvalue weighted by Gasteiger charge is 2.43. The summed E-state index contributed by atoms with van der Waals surface area (Å²) in [6, 6.07) is 8.06. The molecule has 0 aromatic heterocycles. The van der Waals surface area contributed by atoms with Crippen molar-refractivity contribution < 1.29 is 9.53 Å². The van der Waals surface area contributed by atoms with Crippen LogP contribution in [0.3, 0.4) is 0 Å². The average molecular weight is 256 g/mol. The van der Waals surface area contributed by atoms with Gasteiger partial charge in [0, 0.05) is 30.0 Å². The van der Waals surface area contributed by atoms with E-state index in [2.05, 4.69) is 11.4 Å². The molecule has 1 amide bonds. The van der Waals surface area contributed by atoms with Gasteiger partial charge < -0.3 is 10.1 Å². The molecule has 1 aliphatic heterocycles. The van der Waals surface area contributed by atoms with Gasteiger partial charge in [0.2, 0.25) is 5.91 Å². The Morgan fingerprint density at radius 2 is 2.21 bits per heavy atom. The number of nitrogens with one attached hydrogen (secondary N) is 1. The van der Waals surface area contributed by atoms with Crippen molar-refractivity contribution in [1.82, 2.24) is 0 Å². The number of carbonyl (C=O) groups is 1. The van der Waals surface area contributed by atoms with Crippen molar-refractivity contribution >= 4 is 11.6 Å². The number of hydrogen-bond donors (Lipinski definition) is 1. The summed E-state index contributed by atoms with van der Waals surface area (Å²) in [5.41, 5.74) is 2.09. The van der Waals surface area contributed by atoms with Crippen LogP contribution in [0.15, 0.2) is 18.2 Å². The Labute approximate surface area is 112 Å². The first kappa shape index (κ1) is 12.0. The second-order valence-corrected chi connectivity index (χ2v) is 5.49. The zero-order chi connectivity index (χ0) is 13.3. The summed E-state index contributed by atoms with van der Waals surface area (Å²) >= 11 is 0. The summed E-state index contributed by atoms with van der Waals surface area (Å²) in [4.78, 5) is 11.4. The number of anilines is 1. The molecule has 1 N–H and O–H groups in total. The average Bonchev–Trinajstić information content (AvgIpc) is 3.17. The lowest BCUT2D eigenvalue weighted by atomic mass is 10.0. The van der Waals surface area contributed by atoms with Crippen molar-refractivity contribution in [3.05, 3.63) is 23.8 Å². The summed E-state index contributed by atoms with van der Waals surface area (Å²) < 4.78 is 5.78. The summed E-state index contributed by atoms with van der Waals surface area (Å²) in [5.74, 6) is 0.831. The fourth-order valence-corrected chi connectivity index (χ4v) is 2.39. The predicted molar refractivity (Wildman–Crippen MR) is 70.8 cm³/mol. The first-order valence-electron chi connectivity index (χ1n) is 6.63. The van der Waals surface area contributed by atoms with Crippen LogP contribution in [-0.4, -0.2) is 12.5 Å². The number of benzene rings is 1. The van der Waals surface area contributed by atoms with Crippen molar-refractivity contribution in [2.75, 3.05) is 11.9 Å². The number of hydrogen-bond acceptors (Lipinski definition) is 3. The van der Waals surface area contributed by atoms with Gasteiger partial charge in [-0.05, 0) is 30.9 Å². The molecular weight excluding hydrogens is 240 g/mol. The fourth-order valence-electron chi connectivity index (χ4n) is 2.39. The summed E-state index contributed by atoms with van der Waals surface area (Å²) in [6.45, 7) is 0.591. The Morgan fingerprint density at radius 1 is 1.37 bits per heavy atom. The molecule has 1 saturated carbocycles. The van der Waals surface area contributed by atoms with E-state index >= 15 is 0 Å². The van der Waals surface area contributed by atoms with E-state index in [1.54, 1.807) is 0 Å². The SMILES string of the molecule is N#CCC1(COc2ccc3c(c2)NC(=O)CC3)CC1. The van der Waals surface area contributed by atoms with E-state index in [1.165, 1.54) is 0 Å². The van der Waals surface area contributed by atoms with Crippen molar-refractivity contribution in [2.45, 2.75) is 32.1 Å². The molecule has 2 aliphatic rings. The molecule has 0 spiro atoms. The maximum Gasteiger partial charge on any atom is 0.224 e. The second-order valence-electron chi connectivity index (χ2n) is 5.49. The Bertz CT molecular complexity index is 556. The summed E-state index contributed by atoms with van der Waals surface area (Å²) in [6.07, 6.45) is 4.05. The number of amides is 1. The summed E-state index contributed by atoms with van der Waals surface area (Å²) in [7, 11) is 0. The molecule has 1 heterocycles. The third-order valence-corrected chi connectivity index (χ3v) is 3.93. The van der Waals surface area contributed by atoms with Crippen LogP contribution in [0.25, 0.3) is 0 Å². The molecule has 0 radical (unpaired) electrons. The van der Waals surface area contributed by atoms with Gasteiger partial charge in [0.15, 0.2) is 0 Å². The number of rotatable bonds is 4. The second kappa shape index (κ2) is 4.58. The first-order valence-corrected chi connectivity index (χ1v) is 6.63. The number of nitriles is 1. The van der Waals surface area contributed by atoms with Crippen LogP contribution in [0.5, 0.6) is 5.75 Å². The molecular formula is C15H16N2O2. The minimum absolute atomic E-state index is 0.0628. The minimum atomic E-state index is 0.0628. The van der Waals surface area contributed by atoms with Gasteiger partial charge in [0.1, 0.15) is 5.75 Å². The van der Waals surface area contributed by atoms with Gasteiger partial charge in [-0.25, -0.2) is 0 Å². The molecule has 19 heavy (non-hydrogen) atoms. The topological polar surface area (TPSA) is 62.1 Å². The Morgan fingerprint density at radius 3 is 2.95 bits per heavy atom. The maximum absolute atomic E-state index is 11.4. The maximum atomic E-state index is 11.4. The van der Waals surface area contributed by atoms with Gasteiger partial charge >= 0.3 is 0 Å². The van der Waals surface area contributed by atoms with Gasteiger partial charge in [-0.1, -0.05) is 6.07 Å².